The summed E-state index contributed by atoms with van der Waals surface area (Å²) in [5, 5.41) is 7.41. The van der Waals surface area contributed by atoms with E-state index in [1.54, 1.807) is 12.4 Å². The average molecular weight is 296 g/mol. The molecular weight excluding hydrogens is 276 g/mol. The Morgan fingerprint density at radius 3 is 2.50 bits per heavy atom. The molecule has 1 saturated heterocycles. The maximum atomic E-state index is 12.3. The van der Waals surface area contributed by atoms with Gasteiger partial charge in [0, 0.05) is 31.4 Å². The predicted molar refractivity (Wildman–Crippen MR) is 77.9 cm³/mol. The second-order valence-electron chi connectivity index (χ2n) is 5.05. The third-order valence-corrected chi connectivity index (χ3v) is 5.56. The van der Waals surface area contributed by atoms with Crippen LogP contribution in [0.15, 0.2) is 24.5 Å². The van der Waals surface area contributed by atoms with Crippen LogP contribution < -0.4 is 5.73 Å². The molecule has 0 spiro atoms. The van der Waals surface area contributed by atoms with Crippen molar-refractivity contribution < 1.29 is 8.42 Å². The van der Waals surface area contributed by atoms with E-state index in [2.05, 4.69) is 4.98 Å². The Hall–Kier alpha value is -1.47. The van der Waals surface area contributed by atoms with Gasteiger partial charge in [0.15, 0.2) is 0 Å². The molecule has 6 nitrogen and oxygen atoms in total. The van der Waals surface area contributed by atoms with E-state index in [1.165, 1.54) is 4.31 Å². The summed E-state index contributed by atoms with van der Waals surface area (Å²) in [5.41, 5.74) is 6.44. The second kappa shape index (κ2) is 6.32. The van der Waals surface area contributed by atoms with Crippen LogP contribution in [-0.2, 0) is 16.4 Å². The lowest BCUT2D eigenvalue weighted by Crippen LogP contribution is -2.42. The van der Waals surface area contributed by atoms with Crippen molar-refractivity contribution in [2.45, 2.75) is 19.3 Å². The third kappa shape index (κ3) is 3.77. The van der Waals surface area contributed by atoms with Gasteiger partial charge in [-0.15, -0.1) is 0 Å². The summed E-state index contributed by atoms with van der Waals surface area (Å²) in [5.74, 6) is 0.308. The van der Waals surface area contributed by atoms with Gasteiger partial charge >= 0.3 is 0 Å². The smallest absolute Gasteiger partial charge is 0.214 e. The molecule has 0 aromatic carbocycles. The molecule has 2 heterocycles. The van der Waals surface area contributed by atoms with Crippen molar-refractivity contribution in [3.05, 3.63) is 30.1 Å². The highest BCUT2D eigenvalue weighted by Gasteiger charge is 2.28. The Morgan fingerprint density at radius 1 is 1.35 bits per heavy atom. The monoisotopic (exact) mass is 296 g/mol. The quantitative estimate of drug-likeness (QED) is 0.614. The van der Waals surface area contributed by atoms with E-state index >= 15 is 0 Å². The van der Waals surface area contributed by atoms with Crippen LogP contribution in [-0.4, -0.2) is 42.4 Å². The normalized spacial score (nSPS) is 18.0. The molecule has 2 rings (SSSR count). The predicted octanol–water partition coefficient (Wildman–Crippen LogP) is 0.602. The van der Waals surface area contributed by atoms with Crippen LogP contribution in [0.2, 0.25) is 0 Å². The Balaban J connectivity index is 1.90. The van der Waals surface area contributed by atoms with Gasteiger partial charge in [0.05, 0.1) is 11.6 Å². The zero-order valence-electron chi connectivity index (χ0n) is 11.3. The van der Waals surface area contributed by atoms with Gasteiger partial charge in [0.25, 0.3) is 0 Å². The first kappa shape index (κ1) is 14.9. The number of hydrogen-bond acceptors (Lipinski definition) is 4. The van der Waals surface area contributed by atoms with Gasteiger partial charge in [0.1, 0.15) is 0 Å². The molecule has 1 fully saturated rings. The molecule has 1 aliphatic heterocycles. The summed E-state index contributed by atoms with van der Waals surface area (Å²) in [7, 11) is -3.23. The molecule has 0 aliphatic carbocycles. The highest BCUT2D eigenvalue weighted by Crippen LogP contribution is 2.20. The van der Waals surface area contributed by atoms with Crippen molar-refractivity contribution in [1.82, 2.24) is 9.29 Å². The van der Waals surface area contributed by atoms with Gasteiger partial charge in [0.2, 0.25) is 10.0 Å². The molecule has 1 aromatic rings. The topological polar surface area (TPSA) is 100 Å². The summed E-state index contributed by atoms with van der Waals surface area (Å²) < 4.78 is 26.0. The van der Waals surface area contributed by atoms with Crippen molar-refractivity contribution in [2.24, 2.45) is 11.7 Å². The molecule has 20 heavy (non-hydrogen) atoms. The van der Waals surface area contributed by atoms with Gasteiger partial charge in [-0.2, -0.15) is 0 Å². The van der Waals surface area contributed by atoms with Crippen molar-refractivity contribution in [1.29, 1.82) is 5.41 Å². The van der Waals surface area contributed by atoms with E-state index in [0.29, 0.717) is 32.4 Å². The molecule has 0 saturated carbocycles. The second-order valence-corrected chi connectivity index (χ2v) is 7.14. The van der Waals surface area contributed by atoms with Crippen molar-refractivity contribution in [3.8, 4) is 0 Å². The van der Waals surface area contributed by atoms with Crippen molar-refractivity contribution >= 4 is 15.9 Å². The maximum absolute atomic E-state index is 12.3. The van der Waals surface area contributed by atoms with Gasteiger partial charge < -0.3 is 5.73 Å². The number of aromatic nitrogens is 1. The summed E-state index contributed by atoms with van der Waals surface area (Å²) in [6, 6.07) is 3.66. The molecule has 1 aliphatic rings. The number of sulfonamides is 1. The number of hydrogen-bond donors (Lipinski definition) is 2. The van der Waals surface area contributed by atoms with Crippen LogP contribution >= 0.6 is 0 Å². The fourth-order valence-corrected chi connectivity index (χ4v) is 3.89. The van der Waals surface area contributed by atoms with E-state index in [1.807, 2.05) is 12.1 Å². The highest BCUT2D eigenvalue weighted by atomic mass is 32.2. The van der Waals surface area contributed by atoms with Gasteiger partial charge in [-0.05, 0) is 37.0 Å². The molecule has 0 bridgehead atoms. The van der Waals surface area contributed by atoms with E-state index in [-0.39, 0.29) is 17.5 Å². The lowest BCUT2D eigenvalue weighted by molar-refractivity contribution is 0.314. The first-order chi connectivity index (χ1) is 9.49. The number of aryl methyl sites for hydroxylation is 1. The lowest BCUT2D eigenvalue weighted by Gasteiger charge is -2.30. The van der Waals surface area contributed by atoms with Gasteiger partial charge in [-0.3, -0.25) is 10.4 Å². The molecule has 1 aromatic heterocycles. The number of nitrogens with one attached hydrogen (secondary N) is 1. The minimum absolute atomic E-state index is 0.0293. The van der Waals surface area contributed by atoms with Crippen LogP contribution in [0.5, 0.6) is 0 Å². The zero-order valence-corrected chi connectivity index (χ0v) is 12.1. The van der Waals surface area contributed by atoms with Gasteiger partial charge in [-0.25, -0.2) is 12.7 Å². The minimum atomic E-state index is -3.23. The van der Waals surface area contributed by atoms with Crippen LogP contribution in [0.1, 0.15) is 18.4 Å². The SMILES string of the molecule is N=C(N)C1CCN(S(=O)(=O)CCc2ccncc2)CC1. The van der Waals surface area contributed by atoms with E-state index in [9.17, 15) is 8.42 Å². The summed E-state index contributed by atoms with van der Waals surface area (Å²) in [4.78, 5) is 3.91. The van der Waals surface area contributed by atoms with Crippen molar-refractivity contribution in [3.63, 3.8) is 0 Å². The van der Waals surface area contributed by atoms with Gasteiger partial charge in [-0.1, -0.05) is 0 Å². The molecule has 0 amide bonds. The number of rotatable bonds is 5. The first-order valence-corrected chi connectivity index (χ1v) is 8.30. The standard InChI is InChI=1S/C13H20N4O2S/c14-13(15)12-3-8-17(9-4-12)20(18,19)10-5-11-1-6-16-7-2-11/h1-2,6-7,12H,3-5,8-10H2,(H3,14,15). The number of piperidine rings is 1. The average Bonchev–Trinajstić information content (AvgIpc) is 2.46. The minimum Gasteiger partial charge on any atom is -0.387 e. The summed E-state index contributed by atoms with van der Waals surface area (Å²) >= 11 is 0. The van der Waals surface area contributed by atoms with Crippen LogP contribution in [0.3, 0.4) is 0 Å². The lowest BCUT2D eigenvalue weighted by atomic mass is 9.97. The Labute approximate surface area is 119 Å². The number of nitrogens with two attached hydrogens (primary N) is 1. The number of pyridine rings is 1. The number of nitrogens with zero attached hydrogens (tertiary/aromatic N) is 2. The Bertz CT molecular complexity index is 551. The molecule has 0 radical (unpaired) electrons. The summed E-state index contributed by atoms with van der Waals surface area (Å²) in [6.07, 6.45) is 5.12. The first-order valence-electron chi connectivity index (χ1n) is 6.69. The largest absolute Gasteiger partial charge is 0.387 e. The molecule has 3 N–H and O–H groups in total. The fraction of sp³-hybridized carbons (Fsp3) is 0.538. The van der Waals surface area contributed by atoms with Crippen LogP contribution in [0, 0.1) is 11.3 Å². The Morgan fingerprint density at radius 2 is 1.95 bits per heavy atom. The third-order valence-electron chi connectivity index (χ3n) is 3.69. The van der Waals surface area contributed by atoms with E-state index in [0.717, 1.165) is 5.56 Å². The zero-order chi connectivity index (χ0) is 14.6. The van der Waals surface area contributed by atoms with Crippen molar-refractivity contribution in [2.75, 3.05) is 18.8 Å². The van der Waals surface area contributed by atoms with E-state index < -0.39 is 10.0 Å². The Kier molecular flexibility index (Phi) is 4.72. The van der Waals surface area contributed by atoms with Crippen LogP contribution in [0.25, 0.3) is 0 Å². The van der Waals surface area contributed by atoms with E-state index in [4.69, 9.17) is 11.1 Å². The fourth-order valence-electron chi connectivity index (χ4n) is 2.37. The molecule has 0 unspecified atom stereocenters. The molecule has 0 atom stereocenters. The molecule has 110 valence electrons. The highest BCUT2D eigenvalue weighted by molar-refractivity contribution is 7.89. The summed E-state index contributed by atoms with van der Waals surface area (Å²) in [6.45, 7) is 0.922. The molecular formula is C13H20N4O2S. The number of amidine groups is 1. The maximum Gasteiger partial charge on any atom is 0.214 e. The molecule has 7 heteroatoms. The van der Waals surface area contributed by atoms with Crippen LogP contribution in [0.4, 0.5) is 0 Å².